The van der Waals surface area contributed by atoms with Gasteiger partial charge in [0.05, 0.1) is 0 Å². The molecule has 0 saturated carbocycles. The van der Waals surface area contributed by atoms with Crippen molar-refractivity contribution < 1.29 is 43.7 Å². The van der Waals surface area contributed by atoms with Crippen LogP contribution in [0.1, 0.15) is 36.0 Å². The van der Waals surface area contributed by atoms with E-state index in [9.17, 15) is 29.1 Å². The van der Waals surface area contributed by atoms with Gasteiger partial charge < -0.3 is 35.6 Å². The first-order chi connectivity index (χ1) is 22.2. The molecular formula is C34H37N3O9. The van der Waals surface area contributed by atoms with Crippen LogP contribution in [-0.4, -0.2) is 70.7 Å². The van der Waals surface area contributed by atoms with Gasteiger partial charge in [0, 0.05) is 19.4 Å². The Morgan fingerprint density at radius 1 is 0.739 bits per heavy atom. The highest BCUT2D eigenvalue weighted by Gasteiger charge is 2.51. The van der Waals surface area contributed by atoms with Crippen molar-refractivity contribution >= 4 is 29.7 Å². The Hall–Kier alpha value is -5.23. The highest BCUT2D eigenvalue weighted by atomic mass is 16.6. The van der Waals surface area contributed by atoms with Gasteiger partial charge in [-0.25, -0.2) is 4.79 Å². The first-order valence-electron chi connectivity index (χ1n) is 15.0. The number of amides is 3. The largest absolute Gasteiger partial charge is 0.489 e. The molecule has 0 aliphatic carbocycles. The van der Waals surface area contributed by atoms with Gasteiger partial charge in [-0.15, -0.1) is 0 Å². The molecule has 3 amide bonds. The van der Waals surface area contributed by atoms with E-state index in [-0.39, 0.29) is 25.7 Å². The highest BCUT2D eigenvalue weighted by Crippen LogP contribution is 2.23. The van der Waals surface area contributed by atoms with Crippen LogP contribution in [0.4, 0.5) is 0 Å². The lowest BCUT2D eigenvalue weighted by Gasteiger charge is -2.18. The lowest BCUT2D eigenvalue weighted by molar-refractivity contribution is -0.142. The number of ether oxygens (including phenoxy) is 2. The molecule has 4 rings (SSSR count). The van der Waals surface area contributed by atoms with Gasteiger partial charge in [-0.2, -0.15) is 0 Å². The summed E-state index contributed by atoms with van der Waals surface area (Å²) in [5, 5.41) is 26.4. The number of rotatable bonds is 18. The van der Waals surface area contributed by atoms with Crippen LogP contribution >= 0.6 is 0 Å². The van der Waals surface area contributed by atoms with Crippen LogP contribution in [0, 0.1) is 0 Å². The molecular weight excluding hydrogens is 594 g/mol. The summed E-state index contributed by atoms with van der Waals surface area (Å²) in [6.45, 7) is 0.686. The molecule has 3 aromatic rings. The van der Waals surface area contributed by atoms with Crippen molar-refractivity contribution in [3.05, 3.63) is 102 Å². The minimum atomic E-state index is -1.28. The molecule has 12 heteroatoms. The number of epoxide rings is 1. The molecule has 4 atom stereocenters. The van der Waals surface area contributed by atoms with E-state index in [0.717, 1.165) is 11.1 Å². The van der Waals surface area contributed by atoms with Crippen molar-refractivity contribution in [2.75, 3.05) is 6.54 Å². The van der Waals surface area contributed by atoms with Gasteiger partial charge in [0.2, 0.25) is 5.91 Å². The molecule has 0 bridgehead atoms. The summed E-state index contributed by atoms with van der Waals surface area (Å²) in [6, 6.07) is 23.6. The summed E-state index contributed by atoms with van der Waals surface area (Å²) in [5.41, 5.74) is 2.66. The molecule has 1 saturated heterocycles. The fourth-order valence-electron chi connectivity index (χ4n) is 4.74. The topological polar surface area (TPSA) is 184 Å². The van der Waals surface area contributed by atoms with Crippen molar-refractivity contribution in [3.63, 3.8) is 0 Å². The lowest BCUT2D eigenvalue weighted by atomic mass is 10.1. The van der Waals surface area contributed by atoms with Gasteiger partial charge in [-0.05, 0) is 48.1 Å². The average Bonchev–Trinajstić information content (AvgIpc) is 3.86. The molecule has 1 heterocycles. The predicted molar refractivity (Wildman–Crippen MR) is 166 cm³/mol. The van der Waals surface area contributed by atoms with Gasteiger partial charge in [-0.3, -0.25) is 19.2 Å². The van der Waals surface area contributed by atoms with E-state index in [4.69, 9.17) is 14.6 Å². The van der Waals surface area contributed by atoms with E-state index in [1.54, 1.807) is 24.3 Å². The summed E-state index contributed by atoms with van der Waals surface area (Å²) in [5.74, 6) is -3.67. The zero-order valence-electron chi connectivity index (χ0n) is 25.1. The summed E-state index contributed by atoms with van der Waals surface area (Å²) < 4.78 is 11.0. The van der Waals surface area contributed by atoms with Crippen molar-refractivity contribution in [2.24, 2.45) is 0 Å². The average molecular weight is 632 g/mol. The second-order valence-corrected chi connectivity index (χ2v) is 10.9. The summed E-state index contributed by atoms with van der Waals surface area (Å²) in [7, 11) is 0. The number of carboxylic acid groups (broad SMARTS) is 2. The molecule has 1 fully saturated rings. The maximum absolute atomic E-state index is 12.9. The fourth-order valence-corrected chi connectivity index (χ4v) is 4.74. The number of nitrogens with one attached hydrogen (secondary N) is 3. The molecule has 0 aromatic heterocycles. The fraction of sp³-hybridized carbons (Fsp3) is 0.324. The van der Waals surface area contributed by atoms with Crippen molar-refractivity contribution in [1.29, 1.82) is 0 Å². The minimum Gasteiger partial charge on any atom is -0.489 e. The quantitative estimate of drug-likeness (QED) is 0.131. The van der Waals surface area contributed by atoms with Gasteiger partial charge in [-0.1, -0.05) is 72.8 Å². The van der Waals surface area contributed by atoms with Crippen molar-refractivity contribution in [1.82, 2.24) is 16.0 Å². The number of benzene rings is 3. The Kier molecular flexibility index (Phi) is 12.2. The van der Waals surface area contributed by atoms with E-state index < -0.39 is 54.0 Å². The van der Waals surface area contributed by atoms with Gasteiger partial charge in [0.1, 0.15) is 24.4 Å². The monoisotopic (exact) mass is 631 g/mol. The van der Waals surface area contributed by atoms with Crippen LogP contribution in [-0.2, 0) is 48.2 Å². The van der Waals surface area contributed by atoms with Crippen LogP contribution in [0.25, 0.3) is 0 Å². The molecule has 1 aliphatic rings. The van der Waals surface area contributed by atoms with E-state index in [2.05, 4.69) is 16.0 Å². The molecule has 1 aliphatic heterocycles. The molecule has 5 N–H and O–H groups in total. The predicted octanol–water partition coefficient (Wildman–Crippen LogP) is 2.24. The normalized spacial score (nSPS) is 16.3. The number of carboxylic acids is 2. The molecule has 12 nitrogen and oxygen atoms in total. The van der Waals surface area contributed by atoms with Crippen LogP contribution in [0.2, 0.25) is 0 Å². The molecule has 46 heavy (non-hydrogen) atoms. The van der Waals surface area contributed by atoms with E-state index >= 15 is 0 Å². The number of hydrogen-bond donors (Lipinski definition) is 5. The van der Waals surface area contributed by atoms with E-state index in [1.807, 2.05) is 60.7 Å². The second kappa shape index (κ2) is 16.7. The third-order valence-corrected chi connectivity index (χ3v) is 7.31. The standard InChI is InChI=1S/C34H37N3O9/c38-28(39)13-7-12-26(31(40)35-19-18-22-8-3-1-4-9-22)36-32(41)29-30(46-29)33(42)37-27(34(43)44)20-23-14-16-25(17-15-23)45-21-24-10-5-2-6-11-24/h1-6,8-11,14-17,26-27,29-30H,7,12-13,18-21H2,(H,35,40)(H,36,41)(H,37,42)(H,38,39)(H,43,44)/t26-,27?,29+,30+/m1/s1. The molecule has 1 unspecified atom stereocenters. The SMILES string of the molecule is O=C(O)CCC[C@@H](NC(=O)[C@H]1O[C@@H]1C(=O)NC(Cc1ccc(OCc2ccccc2)cc1)C(=O)O)C(=O)NCCc1ccccc1. The highest BCUT2D eigenvalue weighted by molar-refractivity contribution is 5.98. The molecule has 0 spiro atoms. The zero-order chi connectivity index (χ0) is 32.9. The van der Waals surface area contributed by atoms with Crippen LogP contribution < -0.4 is 20.7 Å². The summed E-state index contributed by atoms with van der Waals surface area (Å²) >= 11 is 0. The number of carbonyl (C=O) groups is 5. The molecule has 242 valence electrons. The van der Waals surface area contributed by atoms with Crippen LogP contribution in [0.3, 0.4) is 0 Å². The minimum absolute atomic E-state index is 0.0155. The third-order valence-electron chi connectivity index (χ3n) is 7.31. The van der Waals surface area contributed by atoms with Crippen LogP contribution in [0.15, 0.2) is 84.9 Å². The Labute approximate surface area is 266 Å². The van der Waals surface area contributed by atoms with Gasteiger partial charge in [0.15, 0.2) is 12.2 Å². The lowest BCUT2D eigenvalue weighted by Crippen LogP contribution is -2.49. The first kappa shape index (κ1) is 33.7. The van der Waals surface area contributed by atoms with E-state index in [0.29, 0.717) is 30.9 Å². The van der Waals surface area contributed by atoms with Crippen molar-refractivity contribution in [2.45, 2.75) is 63.0 Å². The molecule has 3 aromatic carbocycles. The maximum atomic E-state index is 12.9. The van der Waals surface area contributed by atoms with Gasteiger partial charge >= 0.3 is 11.9 Å². The maximum Gasteiger partial charge on any atom is 0.326 e. The smallest absolute Gasteiger partial charge is 0.326 e. The third kappa shape index (κ3) is 10.7. The number of aliphatic carboxylic acids is 2. The number of hydrogen-bond acceptors (Lipinski definition) is 7. The second-order valence-electron chi connectivity index (χ2n) is 10.9. The van der Waals surface area contributed by atoms with Gasteiger partial charge in [0.25, 0.3) is 11.8 Å². The van der Waals surface area contributed by atoms with E-state index in [1.165, 1.54) is 0 Å². The summed E-state index contributed by atoms with van der Waals surface area (Å²) in [6.07, 6.45) is -1.87. The first-order valence-corrected chi connectivity index (χ1v) is 15.0. The zero-order valence-corrected chi connectivity index (χ0v) is 25.1. The molecule has 0 radical (unpaired) electrons. The Morgan fingerprint density at radius 3 is 1.91 bits per heavy atom. The Balaban J connectivity index is 1.26. The van der Waals surface area contributed by atoms with Crippen LogP contribution in [0.5, 0.6) is 5.75 Å². The Morgan fingerprint density at radius 2 is 1.33 bits per heavy atom. The Bertz CT molecular complexity index is 1480. The number of carbonyl (C=O) groups excluding carboxylic acids is 3. The van der Waals surface area contributed by atoms with Crippen molar-refractivity contribution in [3.8, 4) is 5.75 Å². The summed E-state index contributed by atoms with van der Waals surface area (Å²) in [4.78, 5) is 61.4.